The summed E-state index contributed by atoms with van der Waals surface area (Å²) in [4.78, 5) is 28.9. The number of likely N-dealkylation sites (tertiary alicyclic amines) is 1. The second-order valence-corrected chi connectivity index (χ2v) is 7.62. The summed E-state index contributed by atoms with van der Waals surface area (Å²) in [7, 11) is 0. The first-order valence-corrected chi connectivity index (χ1v) is 8.91. The molecular weight excluding hydrogens is 307 g/mol. The summed E-state index contributed by atoms with van der Waals surface area (Å²) in [6, 6.07) is 6.08. The molecule has 0 bridgehead atoms. The van der Waals surface area contributed by atoms with Crippen molar-refractivity contribution in [3.05, 3.63) is 30.1 Å². The molecule has 4 rings (SSSR count). The van der Waals surface area contributed by atoms with Crippen molar-refractivity contribution in [2.45, 2.75) is 38.5 Å². The quantitative estimate of drug-likeness (QED) is 0.836. The largest absolute Gasteiger partial charge is 0.342 e. The van der Waals surface area contributed by atoms with Gasteiger partial charge in [0, 0.05) is 43.1 Å². The number of nitrogens with zero attached hydrogens (tertiary/aromatic N) is 2. The average Bonchev–Trinajstić information content (AvgIpc) is 3.29. The first-order chi connectivity index (χ1) is 11.6. The average molecular weight is 330 g/mol. The second kappa shape index (κ2) is 5.87. The van der Waals surface area contributed by atoms with Gasteiger partial charge in [0.1, 0.15) is 5.82 Å². The van der Waals surface area contributed by atoms with Crippen molar-refractivity contribution < 1.29 is 14.0 Å². The van der Waals surface area contributed by atoms with Crippen molar-refractivity contribution in [3.8, 4) is 0 Å². The molecular formula is C19H23FN2O2. The van der Waals surface area contributed by atoms with Gasteiger partial charge in [-0.1, -0.05) is 12.8 Å². The zero-order chi connectivity index (χ0) is 16.7. The number of amides is 2. The molecule has 0 aromatic heterocycles. The lowest BCUT2D eigenvalue weighted by Gasteiger charge is -2.25. The van der Waals surface area contributed by atoms with Crippen LogP contribution in [0.1, 0.15) is 38.5 Å². The molecule has 24 heavy (non-hydrogen) atoms. The maximum Gasteiger partial charge on any atom is 0.227 e. The van der Waals surface area contributed by atoms with Crippen LogP contribution >= 0.6 is 0 Å². The van der Waals surface area contributed by atoms with Gasteiger partial charge >= 0.3 is 0 Å². The maximum absolute atomic E-state index is 13.1. The molecule has 2 saturated heterocycles. The lowest BCUT2D eigenvalue weighted by Crippen LogP contribution is -2.36. The number of rotatable bonds is 2. The number of carbonyl (C=O) groups excluding carboxylic acids is 2. The Balaban J connectivity index is 1.46. The Kier molecular flexibility index (Phi) is 3.82. The highest BCUT2D eigenvalue weighted by Gasteiger charge is 2.49. The van der Waals surface area contributed by atoms with Crippen LogP contribution in [0.2, 0.25) is 0 Å². The highest BCUT2D eigenvalue weighted by atomic mass is 19.1. The van der Waals surface area contributed by atoms with E-state index in [1.54, 1.807) is 17.0 Å². The third-order valence-electron chi connectivity index (χ3n) is 5.91. The van der Waals surface area contributed by atoms with E-state index in [0.717, 1.165) is 44.3 Å². The first kappa shape index (κ1) is 15.6. The van der Waals surface area contributed by atoms with Crippen LogP contribution in [0.5, 0.6) is 0 Å². The van der Waals surface area contributed by atoms with E-state index >= 15 is 0 Å². The summed E-state index contributed by atoms with van der Waals surface area (Å²) in [5.74, 6) is 0.272. The van der Waals surface area contributed by atoms with E-state index in [1.165, 1.54) is 12.1 Å². The first-order valence-electron chi connectivity index (χ1n) is 8.91. The highest BCUT2D eigenvalue weighted by molar-refractivity contribution is 5.96. The summed E-state index contributed by atoms with van der Waals surface area (Å²) in [6.45, 7) is 2.08. The Hall–Kier alpha value is -1.91. The van der Waals surface area contributed by atoms with Gasteiger partial charge in [0.2, 0.25) is 11.8 Å². The molecule has 1 aliphatic carbocycles. The van der Waals surface area contributed by atoms with Crippen LogP contribution in [-0.2, 0) is 9.59 Å². The molecule has 0 N–H and O–H groups in total. The van der Waals surface area contributed by atoms with Crippen molar-refractivity contribution in [3.63, 3.8) is 0 Å². The lowest BCUT2D eigenvalue weighted by molar-refractivity contribution is -0.134. The van der Waals surface area contributed by atoms with Crippen LogP contribution in [-0.4, -0.2) is 36.3 Å². The smallest absolute Gasteiger partial charge is 0.227 e. The summed E-state index contributed by atoms with van der Waals surface area (Å²) in [5.41, 5.74) is 0.624. The Morgan fingerprint density at radius 1 is 1.12 bits per heavy atom. The zero-order valence-corrected chi connectivity index (χ0v) is 13.8. The molecule has 128 valence electrons. The molecule has 4 nitrogen and oxygen atoms in total. The normalized spacial score (nSPS) is 27.6. The van der Waals surface area contributed by atoms with Crippen LogP contribution in [0.15, 0.2) is 24.3 Å². The lowest BCUT2D eigenvalue weighted by atomic mass is 9.86. The van der Waals surface area contributed by atoms with Crippen LogP contribution < -0.4 is 4.90 Å². The van der Waals surface area contributed by atoms with Crippen molar-refractivity contribution in [1.29, 1.82) is 0 Å². The van der Waals surface area contributed by atoms with E-state index in [1.807, 2.05) is 4.90 Å². The molecule has 3 fully saturated rings. The third kappa shape index (κ3) is 2.70. The fourth-order valence-corrected chi connectivity index (χ4v) is 4.58. The number of hydrogen-bond donors (Lipinski definition) is 0. The fourth-order valence-electron chi connectivity index (χ4n) is 4.58. The van der Waals surface area contributed by atoms with Crippen LogP contribution in [0, 0.1) is 17.2 Å². The predicted octanol–water partition coefficient (Wildman–Crippen LogP) is 2.97. The Morgan fingerprint density at radius 3 is 2.54 bits per heavy atom. The number of benzene rings is 1. The minimum atomic E-state index is -0.297. The number of carbonyl (C=O) groups is 2. The zero-order valence-electron chi connectivity index (χ0n) is 13.8. The van der Waals surface area contributed by atoms with Gasteiger partial charge in [-0.25, -0.2) is 4.39 Å². The molecule has 1 aromatic rings. The van der Waals surface area contributed by atoms with E-state index in [2.05, 4.69) is 0 Å². The Bertz CT molecular complexity index is 654. The van der Waals surface area contributed by atoms with Crippen LogP contribution in [0.25, 0.3) is 0 Å². The molecule has 0 radical (unpaired) electrons. The fraction of sp³-hybridized carbons (Fsp3) is 0.579. The van der Waals surface area contributed by atoms with Gasteiger partial charge in [0.25, 0.3) is 0 Å². The molecule has 1 unspecified atom stereocenters. The van der Waals surface area contributed by atoms with Crippen molar-refractivity contribution >= 4 is 17.5 Å². The molecule has 1 spiro atoms. The molecule has 3 aliphatic rings. The number of anilines is 1. The summed E-state index contributed by atoms with van der Waals surface area (Å²) in [5, 5.41) is 0. The molecule has 1 aromatic carbocycles. The van der Waals surface area contributed by atoms with Gasteiger partial charge in [-0.15, -0.1) is 0 Å². The second-order valence-electron chi connectivity index (χ2n) is 7.62. The van der Waals surface area contributed by atoms with E-state index in [-0.39, 0.29) is 29.0 Å². The Morgan fingerprint density at radius 2 is 1.83 bits per heavy atom. The summed E-state index contributed by atoms with van der Waals surface area (Å²) in [6.07, 6.45) is 5.72. The monoisotopic (exact) mass is 330 g/mol. The summed E-state index contributed by atoms with van der Waals surface area (Å²) < 4.78 is 13.1. The molecule has 2 aliphatic heterocycles. The standard InChI is InChI=1S/C19H23FN2O2/c20-15-5-7-16(8-6-15)22-13-19(11-17(22)23)9-10-21(12-19)18(24)14-3-1-2-4-14/h5-8,14H,1-4,9-13H2. The number of hydrogen-bond acceptors (Lipinski definition) is 2. The maximum atomic E-state index is 13.1. The van der Waals surface area contributed by atoms with Crippen LogP contribution in [0.3, 0.4) is 0 Å². The Labute approximate surface area is 141 Å². The van der Waals surface area contributed by atoms with Gasteiger partial charge in [-0.05, 0) is 43.5 Å². The van der Waals surface area contributed by atoms with Gasteiger partial charge in [-0.2, -0.15) is 0 Å². The predicted molar refractivity (Wildman–Crippen MR) is 89.0 cm³/mol. The highest BCUT2D eigenvalue weighted by Crippen LogP contribution is 2.42. The van der Waals surface area contributed by atoms with Crippen LogP contribution in [0.4, 0.5) is 10.1 Å². The molecule has 2 heterocycles. The van der Waals surface area contributed by atoms with E-state index in [4.69, 9.17) is 0 Å². The minimum absolute atomic E-state index is 0.0803. The van der Waals surface area contributed by atoms with E-state index in [0.29, 0.717) is 19.5 Å². The van der Waals surface area contributed by atoms with Crippen molar-refractivity contribution in [2.75, 3.05) is 24.5 Å². The van der Waals surface area contributed by atoms with Gasteiger partial charge < -0.3 is 9.80 Å². The third-order valence-corrected chi connectivity index (χ3v) is 5.91. The van der Waals surface area contributed by atoms with Gasteiger partial charge in [-0.3, -0.25) is 9.59 Å². The van der Waals surface area contributed by atoms with E-state index < -0.39 is 0 Å². The molecule has 1 atom stereocenters. The minimum Gasteiger partial charge on any atom is -0.342 e. The SMILES string of the molecule is O=C(C1CCCC1)N1CCC2(CC(=O)N(c3ccc(F)cc3)C2)C1. The molecule has 5 heteroatoms. The topological polar surface area (TPSA) is 40.6 Å². The molecule has 1 saturated carbocycles. The molecule has 2 amide bonds. The van der Waals surface area contributed by atoms with Crippen molar-refractivity contribution in [2.24, 2.45) is 11.3 Å². The number of halogens is 1. The van der Waals surface area contributed by atoms with Gasteiger partial charge in [0.15, 0.2) is 0 Å². The summed E-state index contributed by atoms with van der Waals surface area (Å²) >= 11 is 0. The van der Waals surface area contributed by atoms with Gasteiger partial charge in [0.05, 0.1) is 0 Å². The van der Waals surface area contributed by atoms with E-state index in [9.17, 15) is 14.0 Å². The van der Waals surface area contributed by atoms with Crippen molar-refractivity contribution in [1.82, 2.24) is 4.90 Å².